The van der Waals surface area contributed by atoms with Crippen molar-refractivity contribution in [3.8, 4) is 0 Å². The molecule has 0 bridgehead atoms. The molecule has 1 aromatic heterocycles. The van der Waals surface area contributed by atoms with Gasteiger partial charge in [0.1, 0.15) is 0 Å². The van der Waals surface area contributed by atoms with Gasteiger partial charge in [-0.25, -0.2) is 9.97 Å². The molecule has 70 valence electrons. The monoisotopic (exact) mass is 195 g/mol. The van der Waals surface area contributed by atoms with Crippen LogP contribution in [0.3, 0.4) is 0 Å². The van der Waals surface area contributed by atoms with Crippen LogP contribution in [0.15, 0.2) is 12.3 Å². The lowest BCUT2D eigenvalue weighted by molar-refractivity contribution is 0.810. The molecular weight excluding hydrogens is 182 g/mol. The van der Waals surface area contributed by atoms with Crippen molar-refractivity contribution < 1.29 is 0 Å². The van der Waals surface area contributed by atoms with Gasteiger partial charge in [0.25, 0.3) is 0 Å². The van der Waals surface area contributed by atoms with Gasteiger partial charge in [0.15, 0.2) is 0 Å². The van der Waals surface area contributed by atoms with Crippen molar-refractivity contribution in [1.29, 1.82) is 0 Å². The van der Waals surface area contributed by atoms with Gasteiger partial charge in [-0.15, -0.1) is 0 Å². The summed E-state index contributed by atoms with van der Waals surface area (Å²) in [5, 5.41) is 0. The summed E-state index contributed by atoms with van der Waals surface area (Å²) >= 11 is 2.00. The summed E-state index contributed by atoms with van der Waals surface area (Å²) in [4.78, 5) is 10.9. The number of thioether (sulfide) groups is 1. The molecule has 3 nitrogen and oxygen atoms in total. The first-order valence-corrected chi connectivity index (χ1v) is 5.64. The summed E-state index contributed by atoms with van der Waals surface area (Å²) in [6.07, 6.45) is 1.83. The van der Waals surface area contributed by atoms with E-state index in [2.05, 4.69) is 14.9 Å². The molecule has 0 saturated carbocycles. The van der Waals surface area contributed by atoms with Crippen LogP contribution in [0.4, 0.5) is 5.95 Å². The number of hydrogen-bond donors (Lipinski definition) is 0. The fourth-order valence-electron chi connectivity index (χ4n) is 1.35. The van der Waals surface area contributed by atoms with E-state index in [0.717, 1.165) is 24.7 Å². The van der Waals surface area contributed by atoms with E-state index < -0.39 is 0 Å². The lowest BCUT2D eigenvalue weighted by Crippen LogP contribution is -2.33. The molecule has 0 unspecified atom stereocenters. The van der Waals surface area contributed by atoms with Crippen molar-refractivity contribution in [1.82, 2.24) is 9.97 Å². The lowest BCUT2D eigenvalue weighted by Gasteiger charge is -2.26. The zero-order valence-electron chi connectivity index (χ0n) is 7.73. The van der Waals surface area contributed by atoms with Crippen LogP contribution in [-0.4, -0.2) is 34.6 Å². The van der Waals surface area contributed by atoms with Gasteiger partial charge in [-0.1, -0.05) is 0 Å². The molecular formula is C9H13N3S. The molecule has 1 aliphatic heterocycles. The van der Waals surface area contributed by atoms with E-state index in [-0.39, 0.29) is 0 Å². The largest absolute Gasteiger partial charge is 0.339 e. The third-order valence-corrected chi connectivity index (χ3v) is 3.02. The maximum absolute atomic E-state index is 4.40. The Hall–Kier alpha value is -0.770. The average molecular weight is 195 g/mol. The molecule has 0 amide bonds. The minimum absolute atomic E-state index is 0.889. The molecule has 0 N–H and O–H groups in total. The molecule has 0 radical (unpaired) electrons. The van der Waals surface area contributed by atoms with Crippen LogP contribution in [0.2, 0.25) is 0 Å². The third-order valence-electron chi connectivity index (χ3n) is 2.08. The fraction of sp³-hybridized carbons (Fsp3) is 0.556. The first-order valence-electron chi connectivity index (χ1n) is 4.48. The summed E-state index contributed by atoms with van der Waals surface area (Å²) in [6.45, 7) is 4.16. The lowest BCUT2D eigenvalue weighted by atomic mass is 10.4. The normalized spacial score (nSPS) is 17.5. The second-order valence-electron chi connectivity index (χ2n) is 3.10. The Morgan fingerprint density at radius 2 is 2.15 bits per heavy atom. The van der Waals surface area contributed by atoms with E-state index in [4.69, 9.17) is 0 Å². The quantitative estimate of drug-likeness (QED) is 0.676. The topological polar surface area (TPSA) is 29.0 Å². The molecule has 0 spiro atoms. The van der Waals surface area contributed by atoms with Crippen molar-refractivity contribution in [2.24, 2.45) is 0 Å². The molecule has 1 aliphatic rings. The van der Waals surface area contributed by atoms with Crippen LogP contribution in [0.1, 0.15) is 5.69 Å². The maximum atomic E-state index is 4.40. The van der Waals surface area contributed by atoms with Crippen LogP contribution < -0.4 is 4.90 Å². The molecule has 1 saturated heterocycles. The van der Waals surface area contributed by atoms with Crippen molar-refractivity contribution in [3.05, 3.63) is 18.0 Å². The summed E-state index contributed by atoms with van der Waals surface area (Å²) in [5.74, 6) is 3.27. The number of aromatic nitrogens is 2. The van der Waals surface area contributed by atoms with Crippen LogP contribution in [0.25, 0.3) is 0 Å². The van der Waals surface area contributed by atoms with E-state index in [1.807, 2.05) is 30.9 Å². The zero-order chi connectivity index (χ0) is 9.10. The van der Waals surface area contributed by atoms with Gasteiger partial charge < -0.3 is 4.90 Å². The zero-order valence-corrected chi connectivity index (χ0v) is 8.55. The first-order chi connectivity index (χ1) is 6.36. The number of aryl methyl sites for hydroxylation is 1. The van der Waals surface area contributed by atoms with Crippen molar-refractivity contribution >= 4 is 17.7 Å². The Morgan fingerprint density at radius 3 is 2.85 bits per heavy atom. The molecule has 1 fully saturated rings. The van der Waals surface area contributed by atoms with Gasteiger partial charge in [-0.3, -0.25) is 0 Å². The predicted octanol–water partition coefficient (Wildman–Crippen LogP) is 1.34. The SMILES string of the molecule is Cc1ccnc(N2CCSCC2)n1. The average Bonchev–Trinajstić information content (AvgIpc) is 2.19. The van der Waals surface area contributed by atoms with Crippen LogP contribution >= 0.6 is 11.8 Å². The summed E-state index contributed by atoms with van der Waals surface area (Å²) in [6, 6.07) is 1.93. The summed E-state index contributed by atoms with van der Waals surface area (Å²) in [5.41, 5.74) is 1.04. The highest BCUT2D eigenvalue weighted by Crippen LogP contribution is 2.14. The second-order valence-corrected chi connectivity index (χ2v) is 4.32. The Kier molecular flexibility index (Phi) is 2.68. The summed E-state index contributed by atoms with van der Waals surface area (Å²) in [7, 11) is 0. The van der Waals surface area contributed by atoms with Crippen molar-refractivity contribution in [2.45, 2.75) is 6.92 Å². The van der Waals surface area contributed by atoms with E-state index in [1.54, 1.807) is 0 Å². The predicted molar refractivity (Wildman–Crippen MR) is 56.3 cm³/mol. The Balaban J connectivity index is 2.14. The number of anilines is 1. The maximum Gasteiger partial charge on any atom is 0.225 e. The van der Waals surface area contributed by atoms with Gasteiger partial charge in [0, 0.05) is 36.5 Å². The number of rotatable bonds is 1. The van der Waals surface area contributed by atoms with Gasteiger partial charge in [-0.05, 0) is 13.0 Å². The molecule has 0 atom stereocenters. The molecule has 0 aromatic carbocycles. The molecule has 13 heavy (non-hydrogen) atoms. The molecule has 0 aliphatic carbocycles. The molecule has 2 heterocycles. The minimum Gasteiger partial charge on any atom is -0.339 e. The van der Waals surface area contributed by atoms with Gasteiger partial charge >= 0.3 is 0 Å². The van der Waals surface area contributed by atoms with E-state index in [1.165, 1.54) is 11.5 Å². The van der Waals surface area contributed by atoms with Crippen LogP contribution in [0.5, 0.6) is 0 Å². The van der Waals surface area contributed by atoms with Gasteiger partial charge in [0.2, 0.25) is 5.95 Å². The smallest absolute Gasteiger partial charge is 0.225 e. The summed E-state index contributed by atoms with van der Waals surface area (Å²) < 4.78 is 0. The highest BCUT2D eigenvalue weighted by Gasteiger charge is 2.12. The number of nitrogens with zero attached hydrogens (tertiary/aromatic N) is 3. The van der Waals surface area contributed by atoms with E-state index >= 15 is 0 Å². The van der Waals surface area contributed by atoms with Gasteiger partial charge in [-0.2, -0.15) is 11.8 Å². The Morgan fingerprint density at radius 1 is 1.38 bits per heavy atom. The number of hydrogen-bond acceptors (Lipinski definition) is 4. The van der Waals surface area contributed by atoms with Gasteiger partial charge in [0.05, 0.1) is 0 Å². The standard InChI is InChI=1S/C9H13N3S/c1-8-2-3-10-9(11-8)12-4-6-13-7-5-12/h2-3H,4-7H2,1H3. The fourth-order valence-corrected chi connectivity index (χ4v) is 2.25. The van der Waals surface area contributed by atoms with Crippen LogP contribution in [-0.2, 0) is 0 Å². The highest BCUT2D eigenvalue weighted by molar-refractivity contribution is 7.99. The first kappa shape index (κ1) is 8.81. The van der Waals surface area contributed by atoms with Crippen molar-refractivity contribution in [3.63, 3.8) is 0 Å². The molecule has 4 heteroatoms. The highest BCUT2D eigenvalue weighted by atomic mass is 32.2. The second kappa shape index (κ2) is 3.96. The Bertz CT molecular complexity index is 284. The minimum atomic E-state index is 0.889. The van der Waals surface area contributed by atoms with E-state index in [9.17, 15) is 0 Å². The molecule has 2 rings (SSSR count). The molecule has 1 aromatic rings. The van der Waals surface area contributed by atoms with Crippen LogP contribution in [0, 0.1) is 6.92 Å². The van der Waals surface area contributed by atoms with Crippen molar-refractivity contribution in [2.75, 3.05) is 29.5 Å². The third kappa shape index (κ3) is 2.12. The van der Waals surface area contributed by atoms with E-state index in [0.29, 0.717) is 0 Å². The Labute approximate surface area is 82.6 Å².